The molecule has 0 spiro atoms. The molecule has 1 aromatic heterocycles. The molecule has 1 atom stereocenters. The van der Waals surface area contributed by atoms with Crippen LogP contribution in [0.25, 0.3) is 0 Å². The second-order valence-electron chi connectivity index (χ2n) is 6.04. The van der Waals surface area contributed by atoms with Crippen LogP contribution < -0.4 is 10.5 Å². The van der Waals surface area contributed by atoms with Crippen molar-refractivity contribution in [2.45, 2.75) is 25.3 Å². The van der Waals surface area contributed by atoms with Crippen molar-refractivity contribution in [2.24, 2.45) is 5.73 Å². The molecule has 0 bridgehead atoms. The van der Waals surface area contributed by atoms with Crippen LogP contribution in [-0.2, 0) is 0 Å². The van der Waals surface area contributed by atoms with Gasteiger partial charge in [0.25, 0.3) is 0 Å². The molecule has 2 aromatic rings. The van der Waals surface area contributed by atoms with E-state index in [9.17, 15) is 4.79 Å². The van der Waals surface area contributed by atoms with Crippen molar-refractivity contribution in [2.75, 3.05) is 19.7 Å². The number of amides is 1. The third kappa shape index (κ3) is 4.11. The smallest absolute Gasteiger partial charge is 0.248 e. The first-order chi connectivity index (χ1) is 11.7. The molecule has 0 aliphatic carbocycles. The molecular formula is C19H23N3O2. The van der Waals surface area contributed by atoms with E-state index >= 15 is 0 Å². The van der Waals surface area contributed by atoms with Gasteiger partial charge in [-0.05, 0) is 62.2 Å². The van der Waals surface area contributed by atoms with Gasteiger partial charge in [0.15, 0.2) is 0 Å². The quantitative estimate of drug-likeness (QED) is 0.795. The van der Waals surface area contributed by atoms with E-state index in [-0.39, 0.29) is 0 Å². The molecule has 1 saturated heterocycles. The molecule has 1 unspecified atom stereocenters. The highest BCUT2D eigenvalue weighted by atomic mass is 16.5. The van der Waals surface area contributed by atoms with Crippen molar-refractivity contribution >= 4 is 5.91 Å². The maximum absolute atomic E-state index is 11.0. The molecule has 3 rings (SSSR count). The second-order valence-corrected chi connectivity index (χ2v) is 6.04. The van der Waals surface area contributed by atoms with E-state index < -0.39 is 5.91 Å². The fourth-order valence-corrected chi connectivity index (χ4v) is 3.17. The summed E-state index contributed by atoms with van der Waals surface area (Å²) < 4.78 is 5.75. The molecule has 5 heteroatoms. The van der Waals surface area contributed by atoms with E-state index in [1.165, 1.54) is 12.8 Å². The normalized spacial score (nSPS) is 17.8. The Bertz CT molecular complexity index is 658. The van der Waals surface area contributed by atoms with Gasteiger partial charge < -0.3 is 10.5 Å². The lowest BCUT2D eigenvalue weighted by Gasteiger charge is -2.23. The number of pyridine rings is 1. The predicted octanol–water partition coefficient (Wildman–Crippen LogP) is 2.79. The van der Waals surface area contributed by atoms with E-state index in [1.807, 2.05) is 12.3 Å². The fraction of sp³-hybridized carbons (Fsp3) is 0.368. The maximum atomic E-state index is 11.0. The van der Waals surface area contributed by atoms with E-state index in [1.54, 1.807) is 24.3 Å². The number of likely N-dealkylation sites (tertiary alicyclic amines) is 1. The van der Waals surface area contributed by atoms with Gasteiger partial charge in [0.05, 0.1) is 18.3 Å². The van der Waals surface area contributed by atoms with E-state index in [0.29, 0.717) is 18.2 Å². The molecule has 1 aliphatic heterocycles. The van der Waals surface area contributed by atoms with Crippen molar-refractivity contribution in [1.29, 1.82) is 0 Å². The first-order valence-corrected chi connectivity index (χ1v) is 8.42. The van der Waals surface area contributed by atoms with E-state index in [2.05, 4.69) is 22.0 Å². The Labute approximate surface area is 142 Å². The average molecular weight is 325 g/mol. The van der Waals surface area contributed by atoms with Crippen molar-refractivity contribution in [3.05, 3.63) is 59.9 Å². The highest BCUT2D eigenvalue weighted by molar-refractivity contribution is 5.92. The van der Waals surface area contributed by atoms with Crippen molar-refractivity contribution < 1.29 is 9.53 Å². The lowest BCUT2D eigenvalue weighted by molar-refractivity contribution is 0.100. The maximum Gasteiger partial charge on any atom is 0.248 e. The standard InChI is InChI=1S/C19H23N3O2/c20-19(23)15-7-9-16(10-8-15)24-14-4-13-22-12-3-6-18(22)17-5-1-2-11-21-17/h1-2,5,7-11,18H,3-4,6,12-14H2,(H2,20,23). The summed E-state index contributed by atoms with van der Waals surface area (Å²) in [6.45, 7) is 2.77. The number of hydrogen-bond donors (Lipinski definition) is 1. The summed E-state index contributed by atoms with van der Waals surface area (Å²) in [4.78, 5) is 18.0. The molecule has 24 heavy (non-hydrogen) atoms. The van der Waals surface area contributed by atoms with Gasteiger partial charge in [0, 0.05) is 18.3 Å². The molecule has 1 fully saturated rings. The zero-order valence-electron chi connectivity index (χ0n) is 13.7. The lowest BCUT2D eigenvalue weighted by atomic mass is 10.1. The number of hydrogen-bond acceptors (Lipinski definition) is 4. The minimum atomic E-state index is -0.420. The van der Waals surface area contributed by atoms with Gasteiger partial charge in [-0.15, -0.1) is 0 Å². The first kappa shape index (κ1) is 16.5. The monoisotopic (exact) mass is 325 g/mol. The Hall–Kier alpha value is -2.40. The summed E-state index contributed by atoms with van der Waals surface area (Å²) in [7, 11) is 0. The summed E-state index contributed by atoms with van der Waals surface area (Å²) in [5.41, 5.74) is 6.89. The summed E-state index contributed by atoms with van der Waals surface area (Å²) in [5.74, 6) is 0.346. The van der Waals surface area contributed by atoms with E-state index in [4.69, 9.17) is 10.5 Å². The van der Waals surface area contributed by atoms with Crippen LogP contribution in [0.4, 0.5) is 0 Å². The fourth-order valence-electron chi connectivity index (χ4n) is 3.17. The number of ether oxygens (including phenoxy) is 1. The Balaban J connectivity index is 1.45. The number of carbonyl (C=O) groups is 1. The van der Waals surface area contributed by atoms with Crippen LogP contribution in [0.1, 0.15) is 41.4 Å². The number of primary amides is 1. The van der Waals surface area contributed by atoms with Crippen LogP contribution >= 0.6 is 0 Å². The number of nitrogens with zero attached hydrogens (tertiary/aromatic N) is 2. The zero-order chi connectivity index (χ0) is 16.8. The Kier molecular flexibility index (Phi) is 5.43. The van der Waals surface area contributed by atoms with E-state index in [0.717, 1.165) is 31.0 Å². The average Bonchev–Trinajstić information content (AvgIpc) is 3.08. The third-order valence-electron chi connectivity index (χ3n) is 4.39. The number of aromatic nitrogens is 1. The predicted molar refractivity (Wildman–Crippen MR) is 92.9 cm³/mol. The Morgan fingerprint density at radius 1 is 1.25 bits per heavy atom. The van der Waals surface area contributed by atoms with Crippen LogP contribution in [0, 0.1) is 0 Å². The molecule has 1 aromatic carbocycles. The Morgan fingerprint density at radius 3 is 2.79 bits per heavy atom. The highest BCUT2D eigenvalue weighted by Crippen LogP contribution is 2.30. The third-order valence-corrected chi connectivity index (χ3v) is 4.39. The van der Waals surface area contributed by atoms with Crippen molar-refractivity contribution in [1.82, 2.24) is 9.88 Å². The van der Waals surface area contributed by atoms with Crippen molar-refractivity contribution in [3.8, 4) is 5.75 Å². The molecule has 2 N–H and O–H groups in total. The number of nitrogens with two attached hydrogens (primary N) is 1. The number of carbonyl (C=O) groups excluding carboxylic acids is 1. The summed E-state index contributed by atoms with van der Waals surface area (Å²) in [6, 6.07) is 13.5. The molecule has 5 nitrogen and oxygen atoms in total. The van der Waals surface area contributed by atoms with Gasteiger partial charge in [-0.1, -0.05) is 6.07 Å². The van der Waals surface area contributed by atoms with Gasteiger partial charge in [-0.25, -0.2) is 0 Å². The Morgan fingerprint density at radius 2 is 2.08 bits per heavy atom. The summed E-state index contributed by atoms with van der Waals surface area (Å²) in [6.07, 6.45) is 5.22. The van der Waals surface area contributed by atoms with Crippen LogP contribution in [0.3, 0.4) is 0 Å². The summed E-state index contributed by atoms with van der Waals surface area (Å²) >= 11 is 0. The van der Waals surface area contributed by atoms with Gasteiger partial charge >= 0.3 is 0 Å². The molecule has 2 heterocycles. The highest BCUT2D eigenvalue weighted by Gasteiger charge is 2.26. The molecule has 1 amide bonds. The second kappa shape index (κ2) is 7.93. The minimum absolute atomic E-state index is 0.420. The largest absolute Gasteiger partial charge is 0.494 e. The number of benzene rings is 1. The van der Waals surface area contributed by atoms with Crippen LogP contribution in [-0.4, -0.2) is 35.5 Å². The van der Waals surface area contributed by atoms with Gasteiger partial charge in [0.1, 0.15) is 5.75 Å². The first-order valence-electron chi connectivity index (χ1n) is 8.42. The molecule has 126 valence electrons. The van der Waals surface area contributed by atoms with Crippen LogP contribution in [0.2, 0.25) is 0 Å². The minimum Gasteiger partial charge on any atom is -0.494 e. The lowest BCUT2D eigenvalue weighted by Crippen LogP contribution is -2.26. The summed E-state index contributed by atoms with van der Waals surface area (Å²) in [5, 5.41) is 0. The molecule has 1 aliphatic rings. The van der Waals surface area contributed by atoms with Crippen molar-refractivity contribution in [3.63, 3.8) is 0 Å². The number of rotatable bonds is 7. The van der Waals surface area contributed by atoms with Crippen LogP contribution in [0.5, 0.6) is 5.75 Å². The zero-order valence-corrected chi connectivity index (χ0v) is 13.7. The van der Waals surface area contributed by atoms with Gasteiger partial charge in [0.2, 0.25) is 5.91 Å². The molecule has 0 saturated carbocycles. The van der Waals surface area contributed by atoms with Gasteiger partial charge in [-0.2, -0.15) is 0 Å². The SMILES string of the molecule is NC(=O)c1ccc(OCCCN2CCCC2c2ccccn2)cc1. The van der Waals surface area contributed by atoms with Crippen LogP contribution in [0.15, 0.2) is 48.7 Å². The molecule has 0 radical (unpaired) electrons. The van der Waals surface area contributed by atoms with Gasteiger partial charge in [-0.3, -0.25) is 14.7 Å². The molecular weight excluding hydrogens is 302 g/mol. The topological polar surface area (TPSA) is 68.5 Å².